The van der Waals surface area contributed by atoms with Crippen LogP contribution in [0.25, 0.3) is 0 Å². The molecule has 0 saturated heterocycles. The van der Waals surface area contributed by atoms with E-state index >= 15 is 0 Å². The first-order valence-electron chi connectivity index (χ1n) is 5.06. The molecule has 0 fully saturated rings. The topological polar surface area (TPSA) is 71.1 Å². The van der Waals surface area contributed by atoms with Gasteiger partial charge in [0.25, 0.3) is 0 Å². The average Bonchev–Trinajstić information content (AvgIpc) is 2.62. The van der Waals surface area contributed by atoms with Crippen LogP contribution < -0.4 is 10.0 Å². The predicted octanol–water partition coefficient (Wildman–Crippen LogP) is 0.480. The summed E-state index contributed by atoms with van der Waals surface area (Å²) in [5, 5.41) is 5.73. The molecule has 1 heterocycles. The first-order chi connectivity index (χ1) is 7.53. The van der Waals surface area contributed by atoms with Crippen molar-refractivity contribution < 1.29 is 8.42 Å². The van der Waals surface area contributed by atoms with Crippen molar-refractivity contribution in [1.29, 1.82) is 0 Å². The second kappa shape index (κ2) is 6.29. The molecule has 16 heavy (non-hydrogen) atoms. The molecule has 0 aliphatic heterocycles. The molecule has 0 aromatic carbocycles. The largest absolute Gasteiger partial charge is 0.320 e. The molecule has 1 rings (SSSR count). The Balaban J connectivity index is 2.36. The van der Waals surface area contributed by atoms with Gasteiger partial charge < -0.3 is 5.32 Å². The molecule has 1 aromatic rings. The van der Waals surface area contributed by atoms with E-state index in [1.165, 1.54) is 11.3 Å². The molecule has 2 N–H and O–H groups in total. The van der Waals surface area contributed by atoms with Gasteiger partial charge in [0, 0.05) is 5.38 Å². The molecule has 0 aliphatic rings. The smallest absolute Gasteiger partial charge is 0.211 e. The number of aromatic nitrogens is 1. The monoisotopic (exact) mass is 263 g/mol. The molecule has 0 unspecified atom stereocenters. The minimum absolute atomic E-state index is 0.150. The molecule has 0 bridgehead atoms. The Morgan fingerprint density at radius 2 is 2.25 bits per heavy atom. The first-order valence-corrected chi connectivity index (χ1v) is 7.59. The number of aryl methyl sites for hydroxylation is 1. The molecule has 7 heteroatoms. The maximum absolute atomic E-state index is 11.5. The van der Waals surface area contributed by atoms with Gasteiger partial charge in [-0.05, 0) is 26.9 Å². The molecule has 0 aliphatic carbocycles. The summed E-state index contributed by atoms with van der Waals surface area (Å²) >= 11 is 1.52. The van der Waals surface area contributed by atoms with Gasteiger partial charge in [-0.3, -0.25) is 0 Å². The van der Waals surface area contributed by atoms with Crippen molar-refractivity contribution >= 4 is 21.4 Å². The van der Waals surface area contributed by atoms with E-state index in [-0.39, 0.29) is 12.3 Å². The van der Waals surface area contributed by atoms with Crippen LogP contribution in [0.1, 0.15) is 17.1 Å². The Morgan fingerprint density at radius 1 is 1.50 bits per heavy atom. The Kier molecular flexibility index (Phi) is 5.33. The Bertz CT molecular complexity index is 414. The van der Waals surface area contributed by atoms with Gasteiger partial charge in [-0.1, -0.05) is 0 Å². The number of sulfonamides is 1. The molecular formula is C9H17N3O2S2. The summed E-state index contributed by atoms with van der Waals surface area (Å²) in [6.45, 7) is 2.89. The van der Waals surface area contributed by atoms with E-state index < -0.39 is 10.0 Å². The van der Waals surface area contributed by atoms with E-state index in [2.05, 4.69) is 15.0 Å². The molecular weight excluding hydrogens is 246 g/mol. The maximum atomic E-state index is 11.5. The van der Waals surface area contributed by atoms with Crippen LogP contribution in [0.15, 0.2) is 5.38 Å². The molecule has 0 atom stereocenters. The van der Waals surface area contributed by atoms with Crippen LogP contribution >= 0.6 is 11.3 Å². The van der Waals surface area contributed by atoms with Crippen LogP contribution in [-0.4, -0.2) is 32.7 Å². The average molecular weight is 263 g/mol. The second-order valence-corrected chi connectivity index (χ2v) is 6.44. The first kappa shape index (κ1) is 13.6. The summed E-state index contributed by atoms with van der Waals surface area (Å²) in [5.41, 5.74) is 0.777. The van der Waals surface area contributed by atoms with E-state index in [4.69, 9.17) is 0 Å². The van der Waals surface area contributed by atoms with E-state index in [0.717, 1.165) is 10.7 Å². The number of hydrogen-bond acceptors (Lipinski definition) is 5. The van der Waals surface area contributed by atoms with Gasteiger partial charge in [-0.2, -0.15) is 0 Å². The minimum Gasteiger partial charge on any atom is -0.320 e. The van der Waals surface area contributed by atoms with Crippen molar-refractivity contribution in [2.75, 3.05) is 19.3 Å². The van der Waals surface area contributed by atoms with Crippen LogP contribution in [0, 0.1) is 6.92 Å². The summed E-state index contributed by atoms with van der Waals surface area (Å²) in [6.07, 6.45) is 0.613. The number of hydrogen-bond donors (Lipinski definition) is 2. The molecule has 0 saturated carbocycles. The lowest BCUT2D eigenvalue weighted by Crippen LogP contribution is -2.27. The normalized spacial score (nSPS) is 11.9. The van der Waals surface area contributed by atoms with Gasteiger partial charge in [0.05, 0.1) is 23.0 Å². The second-order valence-electron chi connectivity index (χ2n) is 3.45. The zero-order valence-corrected chi connectivity index (χ0v) is 11.1. The summed E-state index contributed by atoms with van der Waals surface area (Å²) in [6, 6.07) is 0. The highest BCUT2D eigenvalue weighted by molar-refractivity contribution is 7.89. The van der Waals surface area contributed by atoms with Gasteiger partial charge in [-0.25, -0.2) is 18.1 Å². The van der Waals surface area contributed by atoms with Gasteiger partial charge in [0.15, 0.2) is 0 Å². The zero-order valence-electron chi connectivity index (χ0n) is 9.49. The standard InChI is InChI=1S/C9H17N3O2S2/c1-8-12-9(7-15-8)6-11-16(13,14)5-3-4-10-2/h7,10-11H,3-6H2,1-2H3. The third-order valence-electron chi connectivity index (χ3n) is 1.98. The number of thiazole rings is 1. The van der Waals surface area contributed by atoms with Crippen molar-refractivity contribution in [2.45, 2.75) is 19.9 Å². The Labute approximate surface area is 100 Å². The summed E-state index contributed by atoms with van der Waals surface area (Å²) in [5.74, 6) is 0.150. The highest BCUT2D eigenvalue weighted by atomic mass is 32.2. The fraction of sp³-hybridized carbons (Fsp3) is 0.667. The Morgan fingerprint density at radius 3 is 2.81 bits per heavy atom. The van der Waals surface area contributed by atoms with Gasteiger partial charge in [0.2, 0.25) is 10.0 Å². The molecule has 92 valence electrons. The minimum atomic E-state index is -3.17. The van der Waals surface area contributed by atoms with Crippen molar-refractivity contribution in [3.8, 4) is 0 Å². The number of nitrogens with one attached hydrogen (secondary N) is 2. The molecule has 1 aromatic heterocycles. The Hall–Kier alpha value is -0.500. The van der Waals surface area contributed by atoms with Crippen LogP contribution in [0.5, 0.6) is 0 Å². The van der Waals surface area contributed by atoms with E-state index in [1.807, 2.05) is 12.3 Å². The van der Waals surface area contributed by atoms with Crippen LogP contribution in [0.3, 0.4) is 0 Å². The van der Waals surface area contributed by atoms with Crippen molar-refractivity contribution in [3.63, 3.8) is 0 Å². The lowest BCUT2D eigenvalue weighted by Gasteiger charge is -2.04. The summed E-state index contributed by atoms with van der Waals surface area (Å²) in [7, 11) is -1.36. The zero-order chi connectivity index (χ0) is 12.0. The van der Waals surface area contributed by atoms with Crippen LogP contribution in [-0.2, 0) is 16.6 Å². The summed E-state index contributed by atoms with van der Waals surface area (Å²) in [4.78, 5) is 4.19. The summed E-state index contributed by atoms with van der Waals surface area (Å²) < 4.78 is 25.6. The lowest BCUT2D eigenvalue weighted by molar-refractivity contribution is 0.576. The number of nitrogens with zero attached hydrogens (tertiary/aromatic N) is 1. The fourth-order valence-electron chi connectivity index (χ4n) is 1.18. The van der Waals surface area contributed by atoms with Gasteiger partial charge >= 0.3 is 0 Å². The highest BCUT2D eigenvalue weighted by Crippen LogP contribution is 2.07. The molecule has 0 amide bonds. The SMILES string of the molecule is CNCCCS(=O)(=O)NCc1csc(C)n1. The third-order valence-corrected chi connectivity index (χ3v) is 4.21. The van der Waals surface area contributed by atoms with Crippen molar-refractivity contribution in [3.05, 3.63) is 16.1 Å². The molecule has 0 spiro atoms. The van der Waals surface area contributed by atoms with E-state index in [0.29, 0.717) is 13.0 Å². The highest BCUT2D eigenvalue weighted by Gasteiger charge is 2.09. The predicted molar refractivity (Wildman–Crippen MR) is 66.0 cm³/mol. The van der Waals surface area contributed by atoms with Crippen LogP contribution in [0.2, 0.25) is 0 Å². The van der Waals surface area contributed by atoms with E-state index in [1.54, 1.807) is 7.05 Å². The fourth-order valence-corrected chi connectivity index (χ4v) is 2.83. The quantitative estimate of drug-likeness (QED) is 0.702. The van der Waals surface area contributed by atoms with Gasteiger partial charge in [-0.15, -0.1) is 11.3 Å². The maximum Gasteiger partial charge on any atom is 0.211 e. The molecule has 5 nitrogen and oxygen atoms in total. The van der Waals surface area contributed by atoms with Gasteiger partial charge in [0.1, 0.15) is 0 Å². The third kappa shape index (κ3) is 5.02. The van der Waals surface area contributed by atoms with Crippen molar-refractivity contribution in [2.24, 2.45) is 0 Å². The van der Waals surface area contributed by atoms with Crippen LogP contribution in [0.4, 0.5) is 0 Å². The lowest BCUT2D eigenvalue weighted by atomic mass is 10.5. The number of rotatable bonds is 7. The molecule has 0 radical (unpaired) electrons. The van der Waals surface area contributed by atoms with Crippen molar-refractivity contribution in [1.82, 2.24) is 15.0 Å². The van der Waals surface area contributed by atoms with E-state index in [9.17, 15) is 8.42 Å².